The maximum absolute atomic E-state index is 13.7. The third-order valence-corrected chi connectivity index (χ3v) is 4.24. The predicted molar refractivity (Wildman–Crippen MR) is 89.7 cm³/mol. The lowest BCUT2D eigenvalue weighted by molar-refractivity contribution is 0.102. The van der Waals surface area contributed by atoms with Gasteiger partial charge in [0.25, 0.3) is 5.91 Å². The van der Waals surface area contributed by atoms with Crippen LogP contribution in [0, 0.1) is 9.39 Å². The van der Waals surface area contributed by atoms with E-state index >= 15 is 0 Å². The van der Waals surface area contributed by atoms with Crippen LogP contribution in [0.5, 0.6) is 5.75 Å². The van der Waals surface area contributed by atoms with E-state index in [-0.39, 0.29) is 11.7 Å². The topological polar surface area (TPSA) is 38.3 Å². The normalized spacial score (nSPS) is 10.3. The molecule has 0 heterocycles. The highest BCUT2D eigenvalue weighted by atomic mass is 127. The summed E-state index contributed by atoms with van der Waals surface area (Å²) in [5, 5.41) is 3.12. The Hall–Kier alpha value is -1.34. The number of benzene rings is 2. The van der Waals surface area contributed by atoms with E-state index in [1.807, 2.05) is 0 Å². The molecular formula is C15H12ClFINO2. The largest absolute Gasteiger partial charge is 0.491 e. The minimum absolute atomic E-state index is 0.160. The van der Waals surface area contributed by atoms with Crippen LogP contribution in [0.15, 0.2) is 36.4 Å². The van der Waals surface area contributed by atoms with Gasteiger partial charge >= 0.3 is 0 Å². The summed E-state index contributed by atoms with van der Waals surface area (Å²) in [6, 6.07) is 9.26. The second kappa shape index (κ2) is 7.09. The first-order valence-electron chi connectivity index (χ1n) is 6.20. The first-order chi connectivity index (χ1) is 10.0. The zero-order valence-corrected chi connectivity index (χ0v) is 14.0. The minimum atomic E-state index is -0.518. The van der Waals surface area contributed by atoms with Gasteiger partial charge in [-0.3, -0.25) is 4.79 Å². The second-order valence-electron chi connectivity index (χ2n) is 4.16. The van der Waals surface area contributed by atoms with Gasteiger partial charge in [-0.05, 0) is 59.8 Å². The molecule has 0 aliphatic carbocycles. The van der Waals surface area contributed by atoms with Crippen molar-refractivity contribution in [2.24, 2.45) is 0 Å². The standard InChI is InChI=1S/C15H12ClFINO2/c1-2-21-14-6-4-10(8-12(14)17)19-15(20)9-3-5-13(18)11(16)7-9/h3-8H,2H2,1H3,(H,19,20). The van der Waals surface area contributed by atoms with Crippen molar-refractivity contribution in [1.29, 1.82) is 0 Å². The highest BCUT2D eigenvalue weighted by Crippen LogP contribution is 2.23. The zero-order valence-electron chi connectivity index (χ0n) is 11.1. The number of halogens is 3. The van der Waals surface area contributed by atoms with Crippen molar-refractivity contribution in [3.8, 4) is 5.75 Å². The molecule has 0 unspecified atom stereocenters. The third kappa shape index (κ3) is 4.07. The van der Waals surface area contributed by atoms with Crippen LogP contribution in [-0.4, -0.2) is 12.5 Å². The zero-order chi connectivity index (χ0) is 15.4. The molecule has 2 rings (SSSR count). The molecule has 0 atom stereocenters. The van der Waals surface area contributed by atoms with Gasteiger partial charge in [-0.15, -0.1) is 0 Å². The summed E-state index contributed by atoms with van der Waals surface area (Å²) in [7, 11) is 0. The molecule has 0 bridgehead atoms. The summed E-state index contributed by atoms with van der Waals surface area (Å²) in [5.74, 6) is -0.708. The molecule has 3 nitrogen and oxygen atoms in total. The minimum Gasteiger partial charge on any atom is -0.491 e. The fourth-order valence-corrected chi connectivity index (χ4v) is 2.21. The van der Waals surface area contributed by atoms with E-state index in [0.717, 1.165) is 3.57 Å². The summed E-state index contributed by atoms with van der Waals surface area (Å²) >= 11 is 8.05. The van der Waals surface area contributed by atoms with Crippen molar-refractivity contribution in [1.82, 2.24) is 0 Å². The van der Waals surface area contributed by atoms with E-state index in [4.69, 9.17) is 16.3 Å². The van der Waals surface area contributed by atoms with Crippen LogP contribution >= 0.6 is 34.2 Å². The van der Waals surface area contributed by atoms with Crippen molar-refractivity contribution in [2.45, 2.75) is 6.92 Å². The highest BCUT2D eigenvalue weighted by molar-refractivity contribution is 14.1. The van der Waals surface area contributed by atoms with E-state index in [2.05, 4.69) is 27.9 Å². The summed E-state index contributed by atoms with van der Waals surface area (Å²) in [4.78, 5) is 12.1. The first kappa shape index (κ1) is 16.0. The van der Waals surface area contributed by atoms with Gasteiger partial charge in [0.2, 0.25) is 0 Å². The van der Waals surface area contributed by atoms with Gasteiger partial charge in [0.15, 0.2) is 11.6 Å². The van der Waals surface area contributed by atoms with Crippen LogP contribution in [0.25, 0.3) is 0 Å². The molecule has 2 aromatic rings. The molecule has 0 saturated heterocycles. The Labute approximate surface area is 140 Å². The fourth-order valence-electron chi connectivity index (χ4n) is 1.69. The van der Waals surface area contributed by atoms with Crippen LogP contribution in [0.3, 0.4) is 0 Å². The molecule has 0 radical (unpaired) electrons. The average molecular weight is 420 g/mol. The number of hydrogen-bond donors (Lipinski definition) is 1. The molecule has 1 N–H and O–H groups in total. The van der Waals surface area contributed by atoms with Crippen molar-refractivity contribution in [2.75, 3.05) is 11.9 Å². The molecular weight excluding hydrogens is 408 g/mol. The van der Waals surface area contributed by atoms with Crippen LogP contribution in [0.4, 0.5) is 10.1 Å². The Balaban J connectivity index is 2.15. The van der Waals surface area contributed by atoms with Gasteiger partial charge in [0, 0.05) is 20.9 Å². The van der Waals surface area contributed by atoms with Crippen molar-refractivity contribution in [3.05, 3.63) is 56.4 Å². The van der Waals surface area contributed by atoms with Gasteiger partial charge in [-0.25, -0.2) is 4.39 Å². The predicted octanol–water partition coefficient (Wildman–Crippen LogP) is 4.73. The highest BCUT2D eigenvalue weighted by Gasteiger charge is 2.10. The van der Waals surface area contributed by atoms with Gasteiger partial charge in [-0.2, -0.15) is 0 Å². The maximum atomic E-state index is 13.7. The van der Waals surface area contributed by atoms with Gasteiger partial charge < -0.3 is 10.1 Å². The van der Waals surface area contributed by atoms with Crippen LogP contribution in [0.1, 0.15) is 17.3 Å². The molecule has 0 aliphatic rings. The Morgan fingerprint density at radius 2 is 2.10 bits per heavy atom. The molecule has 110 valence electrons. The number of carbonyl (C=O) groups excluding carboxylic acids is 1. The second-order valence-corrected chi connectivity index (χ2v) is 5.73. The van der Waals surface area contributed by atoms with Crippen LogP contribution in [0.2, 0.25) is 5.02 Å². The van der Waals surface area contributed by atoms with Crippen molar-refractivity contribution >= 4 is 45.8 Å². The number of amides is 1. The van der Waals surface area contributed by atoms with E-state index in [0.29, 0.717) is 22.9 Å². The van der Waals surface area contributed by atoms with E-state index < -0.39 is 5.82 Å². The molecule has 0 saturated carbocycles. The van der Waals surface area contributed by atoms with E-state index in [1.165, 1.54) is 12.1 Å². The number of rotatable bonds is 4. The van der Waals surface area contributed by atoms with Crippen molar-refractivity contribution < 1.29 is 13.9 Å². The quantitative estimate of drug-likeness (QED) is 0.727. The number of carbonyl (C=O) groups is 1. The van der Waals surface area contributed by atoms with Crippen molar-refractivity contribution in [3.63, 3.8) is 0 Å². The molecule has 0 aromatic heterocycles. The van der Waals surface area contributed by atoms with E-state index in [1.54, 1.807) is 31.2 Å². The summed E-state index contributed by atoms with van der Waals surface area (Å²) in [5.41, 5.74) is 0.769. The molecule has 21 heavy (non-hydrogen) atoms. The third-order valence-electron chi connectivity index (χ3n) is 2.67. The van der Waals surface area contributed by atoms with Gasteiger partial charge in [0.1, 0.15) is 0 Å². The lowest BCUT2D eigenvalue weighted by Gasteiger charge is -2.09. The lowest BCUT2D eigenvalue weighted by Crippen LogP contribution is -2.12. The smallest absolute Gasteiger partial charge is 0.255 e. The number of ether oxygens (including phenoxy) is 1. The average Bonchev–Trinajstić information content (AvgIpc) is 2.45. The molecule has 1 amide bonds. The fraction of sp³-hybridized carbons (Fsp3) is 0.133. The summed E-state index contributed by atoms with van der Waals surface area (Å²) in [6.07, 6.45) is 0. The first-order valence-corrected chi connectivity index (χ1v) is 7.65. The maximum Gasteiger partial charge on any atom is 0.255 e. The number of anilines is 1. The molecule has 0 aliphatic heterocycles. The Kier molecular flexibility index (Phi) is 5.41. The molecule has 2 aromatic carbocycles. The summed E-state index contributed by atoms with van der Waals surface area (Å²) < 4.78 is 19.7. The lowest BCUT2D eigenvalue weighted by atomic mass is 10.2. The Morgan fingerprint density at radius 3 is 2.71 bits per heavy atom. The van der Waals surface area contributed by atoms with E-state index in [9.17, 15) is 9.18 Å². The summed E-state index contributed by atoms with van der Waals surface area (Å²) in [6.45, 7) is 2.15. The van der Waals surface area contributed by atoms with Gasteiger partial charge in [0.05, 0.1) is 11.6 Å². The molecule has 0 fully saturated rings. The number of hydrogen-bond acceptors (Lipinski definition) is 2. The van der Waals surface area contributed by atoms with Gasteiger partial charge in [-0.1, -0.05) is 11.6 Å². The Morgan fingerprint density at radius 1 is 1.33 bits per heavy atom. The van der Waals surface area contributed by atoms with Crippen LogP contribution < -0.4 is 10.1 Å². The molecule has 0 spiro atoms. The SMILES string of the molecule is CCOc1ccc(NC(=O)c2ccc(I)c(Cl)c2)cc1F. The van der Waals surface area contributed by atoms with Crippen LogP contribution in [-0.2, 0) is 0 Å². The molecule has 6 heteroatoms. The Bertz CT molecular complexity index is 679. The number of nitrogens with one attached hydrogen (secondary N) is 1. The monoisotopic (exact) mass is 419 g/mol.